The molecule has 23 heavy (non-hydrogen) atoms. The van der Waals surface area contributed by atoms with Crippen molar-refractivity contribution in [3.8, 4) is 5.75 Å². The van der Waals surface area contributed by atoms with Gasteiger partial charge in [-0.2, -0.15) is 0 Å². The second-order valence-electron chi connectivity index (χ2n) is 5.86. The van der Waals surface area contributed by atoms with Gasteiger partial charge in [0, 0.05) is 13.0 Å². The number of rotatable bonds is 7. The Balaban J connectivity index is 0.00000264. The molecule has 1 aromatic rings. The number of aryl methyl sites for hydroxylation is 1. The van der Waals surface area contributed by atoms with Crippen LogP contribution in [0.4, 0.5) is 5.69 Å². The Hall–Kier alpha value is -1.30. The van der Waals surface area contributed by atoms with E-state index in [0.29, 0.717) is 31.4 Å². The number of carbonyl (C=O) groups excluding carboxylic acids is 1. The van der Waals surface area contributed by atoms with E-state index in [-0.39, 0.29) is 24.2 Å². The van der Waals surface area contributed by atoms with Crippen molar-refractivity contribution in [1.29, 1.82) is 0 Å². The van der Waals surface area contributed by atoms with Crippen LogP contribution in [0.15, 0.2) is 18.2 Å². The third-order valence-corrected chi connectivity index (χ3v) is 4.24. The van der Waals surface area contributed by atoms with Gasteiger partial charge in [-0.3, -0.25) is 4.79 Å². The predicted octanol–water partition coefficient (Wildman–Crippen LogP) is 2.76. The first-order chi connectivity index (χ1) is 10.7. The van der Waals surface area contributed by atoms with Crippen molar-refractivity contribution in [2.75, 3.05) is 32.2 Å². The number of hydrogen-bond donors (Lipinski definition) is 2. The van der Waals surface area contributed by atoms with Crippen LogP contribution in [0.3, 0.4) is 0 Å². The largest absolute Gasteiger partial charge is 0.489 e. The van der Waals surface area contributed by atoms with Gasteiger partial charge in [0.15, 0.2) is 0 Å². The van der Waals surface area contributed by atoms with Crippen LogP contribution in [-0.4, -0.2) is 32.8 Å². The van der Waals surface area contributed by atoms with Crippen LogP contribution < -0.4 is 15.8 Å². The summed E-state index contributed by atoms with van der Waals surface area (Å²) >= 11 is 0. The lowest BCUT2D eigenvalue weighted by atomic mass is 9.95. The summed E-state index contributed by atoms with van der Waals surface area (Å²) in [6, 6.07) is 5.79. The zero-order chi connectivity index (χ0) is 15.9. The fourth-order valence-corrected chi connectivity index (χ4v) is 2.98. The van der Waals surface area contributed by atoms with E-state index < -0.39 is 0 Å². The zero-order valence-corrected chi connectivity index (χ0v) is 14.7. The molecule has 3 N–H and O–H groups in total. The zero-order valence-electron chi connectivity index (χ0n) is 13.8. The maximum Gasteiger partial charge on any atom is 0.227 e. The molecule has 0 aromatic heterocycles. The van der Waals surface area contributed by atoms with Gasteiger partial charge in [0.2, 0.25) is 5.91 Å². The van der Waals surface area contributed by atoms with E-state index in [2.05, 4.69) is 5.32 Å². The molecule has 5 nitrogen and oxygen atoms in total. The summed E-state index contributed by atoms with van der Waals surface area (Å²) in [6.45, 7) is 3.54. The molecule has 1 amide bonds. The second kappa shape index (κ2) is 9.75. The highest BCUT2D eigenvalue weighted by molar-refractivity contribution is 5.94. The number of benzene rings is 1. The van der Waals surface area contributed by atoms with Crippen molar-refractivity contribution in [2.24, 2.45) is 17.6 Å². The van der Waals surface area contributed by atoms with Crippen LogP contribution in [0.2, 0.25) is 0 Å². The van der Waals surface area contributed by atoms with Gasteiger partial charge in [-0.15, -0.1) is 12.4 Å². The Morgan fingerprint density at radius 1 is 1.35 bits per heavy atom. The number of hydrogen-bond acceptors (Lipinski definition) is 4. The monoisotopic (exact) mass is 342 g/mol. The average molecular weight is 343 g/mol. The van der Waals surface area contributed by atoms with Crippen LogP contribution in [0.1, 0.15) is 24.8 Å². The standard InChI is InChI=1S/C17H26N2O3.ClH/c1-12-6-7-15(16(10-12)22-9-8-21-2)19-17(20)14-5-3-4-13(14)11-18;/h6-7,10,13-14H,3-5,8-9,11,18H2,1-2H3,(H,19,20);1H/t13-,14-;/m1./s1. The van der Waals surface area contributed by atoms with Gasteiger partial charge in [-0.1, -0.05) is 12.5 Å². The Kier molecular flexibility index (Phi) is 8.37. The van der Waals surface area contributed by atoms with E-state index in [0.717, 1.165) is 30.5 Å². The molecule has 2 rings (SSSR count). The van der Waals surface area contributed by atoms with Gasteiger partial charge in [-0.25, -0.2) is 0 Å². The first-order valence-corrected chi connectivity index (χ1v) is 7.89. The molecule has 130 valence electrons. The maximum absolute atomic E-state index is 12.5. The molecule has 6 heteroatoms. The van der Waals surface area contributed by atoms with E-state index in [1.165, 1.54) is 0 Å². The summed E-state index contributed by atoms with van der Waals surface area (Å²) in [5.74, 6) is 1.04. The van der Waals surface area contributed by atoms with Gasteiger partial charge in [0.05, 0.1) is 12.3 Å². The highest BCUT2D eigenvalue weighted by Crippen LogP contribution is 2.33. The first-order valence-electron chi connectivity index (χ1n) is 7.89. The number of halogens is 1. The lowest BCUT2D eigenvalue weighted by Gasteiger charge is -2.19. The molecule has 2 atom stereocenters. The van der Waals surface area contributed by atoms with Crippen LogP contribution in [0.5, 0.6) is 5.75 Å². The number of nitrogens with two attached hydrogens (primary N) is 1. The molecule has 1 fully saturated rings. The second-order valence-corrected chi connectivity index (χ2v) is 5.86. The number of amides is 1. The lowest BCUT2D eigenvalue weighted by molar-refractivity contribution is -0.120. The molecule has 1 saturated carbocycles. The van der Waals surface area contributed by atoms with Crippen molar-refractivity contribution < 1.29 is 14.3 Å². The molecular formula is C17H27ClN2O3. The molecule has 0 radical (unpaired) electrons. The Morgan fingerprint density at radius 3 is 2.83 bits per heavy atom. The highest BCUT2D eigenvalue weighted by Gasteiger charge is 2.32. The number of methoxy groups -OCH3 is 1. The fraction of sp³-hybridized carbons (Fsp3) is 0.588. The first kappa shape index (κ1) is 19.7. The molecule has 0 bridgehead atoms. The normalized spacial score (nSPS) is 20.0. The number of ether oxygens (including phenoxy) is 2. The van der Waals surface area contributed by atoms with Crippen LogP contribution >= 0.6 is 12.4 Å². The predicted molar refractivity (Wildman–Crippen MR) is 94.3 cm³/mol. The summed E-state index contributed by atoms with van der Waals surface area (Å²) in [4.78, 5) is 12.5. The Labute approximate surface area is 144 Å². The molecule has 1 aromatic carbocycles. The minimum atomic E-state index is 0. The van der Waals surface area contributed by atoms with E-state index >= 15 is 0 Å². The van der Waals surface area contributed by atoms with Crippen LogP contribution in [0.25, 0.3) is 0 Å². The Morgan fingerprint density at radius 2 is 2.13 bits per heavy atom. The third kappa shape index (κ3) is 5.37. The van der Waals surface area contributed by atoms with Gasteiger partial charge in [-0.05, 0) is 49.9 Å². The van der Waals surface area contributed by atoms with E-state index in [1.807, 2.05) is 25.1 Å². The quantitative estimate of drug-likeness (QED) is 0.747. The highest BCUT2D eigenvalue weighted by atomic mass is 35.5. The number of carbonyl (C=O) groups is 1. The SMILES string of the molecule is COCCOc1cc(C)ccc1NC(=O)[C@@H]1CCC[C@@H]1CN.Cl. The summed E-state index contributed by atoms with van der Waals surface area (Å²) in [5.41, 5.74) is 7.57. The van der Waals surface area contributed by atoms with Crippen molar-refractivity contribution in [3.63, 3.8) is 0 Å². The summed E-state index contributed by atoms with van der Waals surface area (Å²) in [7, 11) is 1.63. The van der Waals surface area contributed by atoms with Crippen molar-refractivity contribution in [1.82, 2.24) is 0 Å². The number of anilines is 1. The molecule has 0 unspecified atom stereocenters. The smallest absolute Gasteiger partial charge is 0.227 e. The summed E-state index contributed by atoms with van der Waals surface area (Å²) in [5, 5.41) is 3.01. The van der Waals surface area contributed by atoms with Gasteiger partial charge >= 0.3 is 0 Å². The van der Waals surface area contributed by atoms with Gasteiger partial charge < -0.3 is 20.5 Å². The molecule has 0 heterocycles. The molecule has 0 spiro atoms. The van der Waals surface area contributed by atoms with E-state index in [1.54, 1.807) is 7.11 Å². The molecule has 1 aliphatic rings. The molecule has 0 aliphatic heterocycles. The third-order valence-electron chi connectivity index (χ3n) is 4.24. The molecule has 1 aliphatic carbocycles. The topological polar surface area (TPSA) is 73.6 Å². The van der Waals surface area contributed by atoms with Gasteiger partial charge in [0.25, 0.3) is 0 Å². The minimum absolute atomic E-state index is 0. The van der Waals surface area contributed by atoms with E-state index in [4.69, 9.17) is 15.2 Å². The van der Waals surface area contributed by atoms with Crippen molar-refractivity contribution in [2.45, 2.75) is 26.2 Å². The minimum Gasteiger partial charge on any atom is -0.489 e. The molecular weight excluding hydrogens is 316 g/mol. The van der Waals surface area contributed by atoms with Crippen molar-refractivity contribution >= 4 is 24.0 Å². The Bertz CT molecular complexity index is 511. The van der Waals surface area contributed by atoms with Gasteiger partial charge in [0.1, 0.15) is 12.4 Å². The fourth-order valence-electron chi connectivity index (χ4n) is 2.98. The molecule has 0 saturated heterocycles. The van der Waals surface area contributed by atoms with Crippen LogP contribution in [-0.2, 0) is 9.53 Å². The average Bonchev–Trinajstić information content (AvgIpc) is 2.98. The lowest BCUT2D eigenvalue weighted by Crippen LogP contribution is -2.29. The van der Waals surface area contributed by atoms with E-state index in [9.17, 15) is 4.79 Å². The summed E-state index contributed by atoms with van der Waals surface area (Å²) in [6.07, 6.45) is 3.03. The van der Waals surface area contributed by atoms with Crippen LogP contribution in [0, 0.1) is 18.8 Å². The maximum atomic E-state index is 12.5. The van der Waals surface area contributed by atoms with Crippen molar-refractivity contribution in [3.05, 3.63) is 23.8 Å². The number of nitrogens with one attached hydrogen (secondary N) is 1. The summed E-state index contributed by atoms with van der Waals surface area (Å²) < 4.78 is 10.7.